The molecule has 0 heterocycles. The van der Waals surface area contributed by atoms with Gasteiger partial charge in [0.05, 0.1) is 0 Å². The highest BCUT2D eigenvalue weighted by atomic mass is 31.2. The number of carbonyl (C=O) groups is 2. The Hall–Kier alpha value is -2.60. The van der Waals surface area contributed by atoms with Crippen LogP contribution in [0.1, 0.15) is 29.2 Å². The number of carbonyl (C=O) groups excluding carboxylic acids is 1. The Morgan fingerprint density at radius 2 is 1.14 bits per heavy atom. The molecule has 204 valence electrons. The average Bonchev–Trinajstić information content (AvgIpc) is 2.77. The zero-order chi connectivity index (χ0) is 28.4. The van der Waals surface area contributed by atoms with E-state index in [0.29, 0.717) is 5.56 Å². The lowest BCUT2D eigenvalue weighted by molar-refractivity contribution is -0.142. The Balaban J connectivity index is 2.07. The molecular weight excluding hydrogens is 548 g/mol. The number of rotatable bonds is 11. The normalized spacial score (nSPS) is 14.6. The van der Waals surface area contributed by atoms with Gasteiger partial charge in [0, 0.05) is 23.5 Å². The van der Waals surface area contributed by atoms with Gasteiger partial charge in [-0.25, -0.2) is 4.79 Å². The monoisotopic (exact) mass is 571 g/mol. The molecule has 0 aliphatic carbocycles. The number of amides is 1. The Morgan fingerprint density at radius 1 is 0.784 bits per heavy atom. The van der Waals surface area contributed by atoms with Crippen LogP contribution in [0.2, 0.25) is 0 Å². The Bertz CT molecular complexity index is 1230. The van der Waals surface area contributed by atoms with Crippen molar-refractivity contribution in [3.8, 4) is 0 Å². The zero-order valence-electron chi connectivity index (χ0n) is 19.0. The van der Waals surface area contributed by atoms with Crippen molar-refractivity contribution in [3.05, 3.63) is 70.8 Å². The average molecular weight is 571 g/mol. The quantitative estimate of drug-likeness (QED) is 0.174. The number of carboxylic acids is 1. The third kappa shape index (κ3) is 7.25. The van der Waals surface area contributed by atoms with Gasteiger partial charge in [-0.05, 0) is 17.5 Å². The summed E-state index contributed by atoms with van der Waals surface area (Å²) in [5.41, 5.74) is -10.2. The molecule has 0 radical (unpaired) electrons. The van der Waals surface area contributed by atoms with Crippen LogP contribution >= 0.6 is 15.2 Å². The highest BCUT2D eigenvalue weighted by Crippen LogP contribution is 2.60. The molecule has 0 saturated carbocycles. The maximum absolute atomic E-state index is 13.8. The van der Waals surface area contributed by atoms with Gasteiger partial charge in [0.1, 0.15) is 6.04 Å². The smallest absolute Gasteiger partial charge is 0.399 e. The number of benzene rings is 2. The van der Waals surface area contributed by atoms with Gasteiger partial charge < -0.3 is 30.0 Å². The number of halogens is 4. The molecule has 0 fully saturated rings. The predicted molar refractivity (Wildman–Crippen MR) is 121 cm³/mol. The number of hydrogen-bond donors (Lipinski definition) is 6. The van der Waals surface area contributed by atoms with Crippen LogP contribution < -0.4 is 5.32 Å². The fourth-order valence-electron chi connectivity index (χ4n) is 3.22. The molecule has 0 aromatic heterocycles. The number of hydrogen-bond acceptors (Lipinski definition) is 4. The van der Waals surface area contributed by atoms with Crippen molar-refractivity contribution < 1.29 is 61.0 Å². The highest BCUT2D eigenvalue weighted by molar-refractivity contribution is 7.52. The molecule has 2 aromatic carbocycles. The van der Waals surface area contributed by atoms with Crippen LogP contribution in [0.4, 0.5) is 17.6 Å². The summed E-state index contributed by atoms with van der Waals surface area (Å²) in [7, 11) is -11.5. The van der Waals surface area contributed by atoms with Crippen molar-refractivity contribution in [2.75, 3.05) is 0 Å². The summed E-state index contributed by atoms with van der Waals surface area (Å²) in [4.78, 5) is 59.3. The van der Waals surface area contributed by atoms with Crippen LogP contribution in [0, 0.1) is 5.92 Å². The molecule has 6 N–H and O–H groups in total. The van der Waals surface area contributed by atoms with Gasteiger partial charge in [-0.15, -0.1) is 0 Å². The van der Waals surface area contributed by atoms with Crippen LogP contribution in [0.15, 0.2) is 48.5 Å². The number of nitrogens with one attached hydrogen (secondary N) is 1. The van der Waals surface area contributed by atoms with E-state index < -0.39 is 61.5 Å². The summed E-state index contributed by atoms with van der Waals surface area (Å²) in [5, 5.41) is 11.7. The van der Waals surface area contributed by atoms with Crippen LogP contribution in [0.5, 0.6) is 0 Å². The third-order valence-corrected chi connectivity index (χ3v) is 7.36. The van der Waals surface area contributed by atoms with Crippen molar-refractivity contribution in [1.82, 2.24) is 5.32 Å². The van der Waals surface area contributed by atoms with E-state index in [9.17, 15) is 41.4 Å². The van der Waals surface area contributed by atoms with Crippen molar-refractivity contribution >= 4 is 27.1 Å². The van der Waals surface area contributed by atoms with E-state index in [0.717, 1.165) is 48.5 Å². The lowest BCUT2D eigenvalue weighted by atomic mass is 9.98. The second-order valence-electron chi connectivity index (χ2n) is 8.27. The van der Waals surface area contributed by atoms with Crippen LogP contribution in [0.3, 0.4) is 0 Å². The molecular formula is C21H23F4NO9P2. The third-order valence-electron chi connectivity index (χ3n) is 5.38. The Labute approximate surface area is 207 Å². The first-order valence-electron chi connectivity index (χ1n) is 10.4. The fraction of sp³-hybridized carbons (Fsp3) is 0.333. The standard InChI is InChI=1S/C21H23F4NO9P2/c1-12(10-13-2-6-15(7-3-13)20(22,23)36(30,31)32)18(27)26-17(19(28)29)11-14-4-8-16(9-5-14)21(24,25)37(33,34)35/h2-9,12,17H,10-11H2,1H3,(H,26,27)(H,28,29)(H2,30,31,32)(H2,33,34,35)/t12-,17?/m0/s1. The highest BCUT2D eigenvalue weighted by Gasteiger charge is 2.51. The number of alkyl halides is 4. The molecule has 10 nitrogen and oxygen atoms in total. The topological polar surface area (TPSA) is 181 Å². The zero-order valence-corrected chi connectivity index (χ0v) is 20.8. The second-order valence-corrected chi connectivity index (χ2v) is 11.6. The maximum Gasteiger partial charge on any atom is 0.399 e. The van der Waals surface area contributed by atoms with Crippen LogP contribution in [0.25, 0.3) is 0 Å². The van der Waals surface area contributed by atoms with Gasteiger partial charge in [0.25, 0.3) is 0 Å². The number of carboxylic acid groups (broad SMARTS) is 1. The minimum absolute atomic E-state index is 0.0356. The van der Waals surface area contributed by atoms with Crippen molar-refractivity contribution in [2.24, 2.45) is 5.92 Å². The fourth-order valence-corrected chi connectivity index (χ4v) is 4.19. The van der Waals surface area contributed by atoms with E-state index in [1.165, 1.54) is 6.92 Å². The first-order chi connectivity index (χ1) is 16.8. The van der Waals surface area contributed by atoms with Crippen LogP contribution in [-0.2, 0) is 42.9 Å². The molecule has 0 spiro atoms. The van der Waals surface area contributed by atoms with Gasteiger partial charge >= 0.3 is 32.5 Å². The summed E-state index contributed by atoms with van der Waals surface area (Å²) >= 11 is 0. The lowest BCUT2D eigenvalue weighted by Crippen LogP contribution is -2.44. The van der Waals surface area contributed by atoms with Crippen molar-refractivity contribution in [3.63, 3.8) is 0 Å². The van der Waals surface area contributed by atoms with Gasteiger partial charge in [0.15, 0.2) is 0 Å². The molecule has 0 aliphatic rings. The molecule has 2 aromatic rings. The Kier molecular flexibility index (Phi) is 9.12. The Morgan fingerprint density at radius 3 is 1.46 bits per heavy atom. The maximum atomic E-state index is 13.8. The largest absolute Gasteiger partial charge is 0.480 e. The van der Waals surface area contributed by atoms with E-state index in [1.807, 2.05) is 0 Å². The predicted octanol–water partition coefficient (Wildman–Crippen LogP) is 3.13. The molecule has 2 atom stereocenters. The minimum Gasteiger partial charge on any atom is -0.480 e. The van der Waals surface area contributed by atoms with E-state index in [4.69, 9.17) is 19.6 Å². The van der Waals surface area contributed by atoms with E-state index in [1.54, 1.807) is 0 Å². The van der Waals surface area contributed by atoms with Gasteiger partial charge in [-0.3, -0.25) is 13.9 Å². The molecule has 37 heavy (non-hydrogen) atoms. The summed E-state index contributed by atoms with van der Waals surface area (Å²) in [6.45, 7) is 1.42. The van der Waals surface area contributed by atoms with Gasteiger partial charge in [0.2, 0.25) is 5.91 Å². The van der Waals surface area contributed by atoms with Crippen molar-refractivity contribution in [2.45, 2.75) is 37.1 Å². The second kappa shape index (κ2) is 11.0. The molecule has 0 saturated heterocycles. The molecule has 16 heteroatoms. The summed E-state index contributed by atoms with van der Waals surface area (Å²) < 4.78 is 77.0. The first kappa shape index (κ1) is 30.6. The van der Waals surface area contributed by atoms with E-state index in [2.05, 4.69) is 5.32 Å². The van der Waals surface area contributed by atoms with Gasteiger partial charge in [-0.2, -0.15) is 17.6 Å². The SMILES string of the molecule is C[C@@H](Cc1ccc(C(F)(F)P(=O)(O)O)cc1)C(=O)NC(Cc1ccc(C(F)(F)P(=O)(O)O)cc1)C(=O)O. The van der Waals surface area contributed by atoms with E-state index >= 15 is 0 Å². The summed E-state index contributed by atoms with van der Waals surface area (Å²) in [6, 6.07) is 5.96. The summed E-state index contributed by atoms with van der Waals surface area (Å²) in [5.74, 6) is -3.05. The minimum atomic E-state index is -5.78. The lowest BCUT2D eigenvalue weighted by Gasteiger charge is -2.20. The van der Waals surface area contributed by atoms with Crippen LogP contribution in [-0.4, -0.2) is 42.6 Å². The molecule has 1 unspecified atom stereocenters. The molecule has 1 amide bonds. The summed E-state index contributed by atoms with van der Waals surface area (Å²) in [6.07, 6.45) is -0.381. The first-order valence-corrected chi connectivity index (χ1v) is 13.6. The molecule has 2 rings (SSSR count). The molecule has 0 aliphatic heterocycles. The van der Waals surface area contributed by atoms with Crippen molar-refractivity contribution in [1.29, 1.82) is 0 Å². The van der Waals surface area contributed by atoms with E-state index in [-0.39, 0.29) is 18.4 Å². The van der Waals surface area contributed by atoms with Gasteiger partial charge in [-0.1, -0.05) is 55.5 Å². The molecule has 0 bridgehead atoms. The number of aliphatic carboxylic acids is 1.